The average molecular weight is 637 g/mol. The Bertz CT molecular complexity index is 2180. The molecule has 0 spiro atoms. The highest BCUT2D eigenvalue weighted by Gasteiger charge is 2.31. The zero-order valence-electron chi connectivity index (χ0n) is 29.9. The number of pyridine rings is 1. The van der Waals surface area contributed by atoms with Gasteiger partial charge in [0.25, 0.3) is 0 Å². The molecule has 3 atom stereocenters. The van der Waals surface area contributed by atoms with Gasteiger partial charge in [-0.1, -0.05) is 71.4 Å². The second-order valence-electron chi connectivity index (χ2n) is 14.7. The number of benzene rings is 3. The highest BCUT2D eigenvalue weighted by molar-refractivity contribution is 6.09. The first-order valence-corrected chi connectivity index (χ1v) is 17.6. The fourth-order valence-corrected chi connectivity index (χ4v) is 8.09. The second kappa shape index (κ2) is 12.4. The molecule has 7 rings (SSSR count). The maximum absolute atomic E-state index is 6.74. The molecular formula is C43H48N4O. The van der Waals surface area contributed by atoms with Gasteiger partial charge in [-0.25, -0.2) is 9.67 Å². The molecule has 0 bridgehead atoms. The van der Waals surface area contributed by atoms with Crippen molar-refractivity contribution in [3.63, 3.8) is 0 Å². The molecule has 0 saturated heterocycles. The van der Waals surface area contributed by atoms with E-state index in [2.05, 4.69) is 150 Å². The van der Waals surface area contributed by atoms with Crippen molar-refractivity contribution in [2.75, 3.05) is 0 Å². The average Bonchev–Trinajstić information content (AvgIpc) is 3.53. The summed E-state index contributed by atoms with van der Waals surface area (Å²) in [6, 6.07) is 25.9. The Kier molecular flexibility index (Phi) is 8.27. The van der Waals surface area contributed by atoms with E-state index < -0.39 is 0 Å². The molecule has 1 aliphatic rings. The van der Waals surface area contributed by atoms with Crippen molar-refractivity contribution >= 4 is 21.8 Å². The molecule has 0 N–H and O–H groups in total. The molecule has 0 fully saturated rings. The summed E-state index contributed by atoms with van der Waals surface area (Å²) in [7, 11) is 0. The highest BCUT2D eigenvalue weighted by Crippen LogP contribution is 2.43. The third kappa shape index (κ3) is 5.63. The van der Waals surface area contributed by atoms with E-state index in [4.69, 9.17) is 14.8 Å². The maximum Gasteiger partial charge on any atom is 0.137 e. The van der Waals surface area contributed by atoms with Gasteiger partial charge in [0.05, 0.1) is 22.4 Å². The molecule has 3 aromatic carbocycles. The zero-order chi connectivity index (χ0) is 33.9. The molecule has 246 valence electrons. The Morgan fingerprint density at radius 2 is 1.52 bits per heavy atom. The molecule has 1 aliphatic carbocycles. The monoisotopic (exact) mass is 636 g/mol. The number of aryl methyl sites for hydroxylation is 1. The van der Waals surface area contributed by atoms with Gasteiger partial charge >= 0.3 is 0 Å². The van der Waals surface area contributed by atoms with Crippen molar-refractivity contribution in [3.8, 4) is 23.0 Å². The summed E-state index contributed by atoms with van der Waals surface area (Å²) in [6.45, 7) is 20.3. The molecule has 5 heteroatoms. The van der Waals surface area contributed by atoms with Crippen molar-refractivity contribution < 1.29 is 4.74 Å². The van der Waals surface area contributed by atoms with E-state index in [1.165, 1.54) is 45.2 Å². The van der Waals surface area contributed by atoms with Crippen LogP contribution in [-0.2, 0) is 0 Å². The molecule has 3 aromatic heterocycles. The SMILES string of the molecule is CC1=C[C@H](C)C[C@H](C)C1c1c(C)nn(-c2cc(Oc3ccc4c5ccccc5n(-c5cc(C(C)C)ccn5)c4c3)cc(C(C)C)c2)c1C. The Balaban J connectivity index is 1.32. The highest BCUT2D eigenvalue weighted by atomic mass is 16.5. The summed E-state index contributed by atoms with van der Waals surface area (Å²) >= 11 is 0. The van der Waals surface area contributed by atoms with Crippen LogP contribution >= 0.6 is 0 Å². The molecular weight excluding hydrogens is 589 g/mol. The topological polar surface area (TPSA) is 44.9 Å². The Labute approximate surface area is 285 Å². The van der Waals surface area contributed by atoms with Crippen LogP contribution in [0.25, 0.3) is 33.3 Å². The van der Waals surface area contributed by atoms with E-state index in [1.54, 1.807) is 0 Å². The molecule has 0 aliphatic heterocycles. The number of hydrogen-bond donors (Lipinski definition) is 0. The lowest BCUT2D eigenvalue weighted by atomic mass is 9.72. The van der Waals surface area contributed by atoms with Gasteiger partial charge in [0.2, 0.25) is 0 Å². The van der Waals surface area contributed by atoms with Crippen molar-refractivity contribution in [2.24, 2.45) is 11.8 Å². The predicted molar refractivity (Wildman–Crippen MR) is 199 cm³/mol. The lowest BCUT2D eigenvalue weighted by Crippen LogP contribution is -2.20. The number of allylic oxidation sites excluding steroid dienone is 2. The number of nitrogens with zero attached hydrogens (tertiary/aromatic N) is 4. The summed E-state index contributed by atoms with van der Waals surface area (Å²) in [5, 5.41) is 7.52. The number of hydrogen-bond acceptors (Lipinski definition) is 3. The Hall–Kier alpha value is -4.64. The summed E-state index contributed by atoms with van der Waals surface area (Å²) in [5.74, 6) is 4.86. The van der Waals surface area contributed by atoms with E-state index >= 15 is 0 Å². The van der Waals surface area contributed by atoms with E-state index in [0.29, 0.717) is 29.6 Å². The molecule has 3 heterocycles. The number of aromatic nitrogens is 4. The minimum atomic E-state index is 0.332. The second-order valence-corrected chi connectivity index (χ2v) is 14.7. The number of ether oxygens (including phenoxy) is 1. The minimum absolute atomic E-state index is 0.332. The first kappa shape index (κ1) is 31.9. The summed E-state index contributed by atoms with van der Waals surface area (Å²) in [6.07, 6.45) is 5.58. The van der Waals surface area contributed by atoms with Gasteiger partial charge in [-0.05, 0) is 104 Å². The number of para-hydroxylation sites is 1. The smallest absolute Gasteiger partial charge is 0.137 e. The summed E-state index contributed by atoms with van der Waals surface area (Å²) in [4.78, 5) is 4.83. The van der Waals surface area contributed by atoms with Crippen molar-refractivity contribution in [1.29, 1.82) is 0 Å². The van der Waals surface area contributed by atoms with E-state index in [-0.39, 0.29) is 0 Å². The molecule has 6 aromatic rings. The van der Waals surface area contributed by atoms with Crippen LogP contribution in [0, 0.1) is 25.7 Å². The van der Waals surface area contributed by atoms with E-state index in [0.717, 1.165) is 39.7 Å². The molecule has 1 unspecified atom stereocenters. The predicted octanol–water partition coefficient (Wildman–Crippen LogP) is 11.7. The van der Waals surface area contributed by atoms with Crippen LogP contribution in [0.3, 0.4) is 0 Å². The number of fused-ring (bicyclic) bond motifs is 3. The van der Waals surface area contributed by atoms with Crippen LogP contribution in [-0.4, -0.2) is 19.3 Å². The van der Waals surface area contributed by atoms with Crippen molar-refractivity contribution in [1.82, 2.24) is 19.3 Å². The Morgan fingerprint density at radius 1 is 0.771 bits per heavy atom. The fraction of sp³-hybridized carbons (Fsp3) is 0.349. The van der Waals surface area contributed by atoms with Crippen LogP contribution in [0.15, 0.2) is 90.6 Å². The van der Waals surface area contributed by atoms with Crippen LogP contribution in [0.4, 0.5) is 0 Å². The first-order valence-electron chi connectivity index (χ1n) is 17.6. The van der Waals surface area contributed by atoms with Crippen LogP contribution in [0.2, 0.25) is 0 Å². The summed E-state index contributed by atoms with van der Waals surface area (Å²) in [5.41, 5.74) is 10.9. The third-order valence-corrected chi connectivity index (χ3v) is 10.4. The minimum Gasteiger partial charge on any atom is -0.457 e. The lowest BCUT2D eigenvalue weighted by Gasteiger charge is -2.32. The van der Waals surface area contributed by atoms with E-state index in [1.807, 2.05) is 6.20 Å². The quantitative estimate of drug-likeness (QED) is 0.164. The maximum atomic E-state index is 6.74. The van der Waals surface area contributed by atoms with Gasteiger partial charge in [-0.15, -0.1) is 0 Å². The normalized spacial score (nSPS) is 18.3. The van der Waals surface area contributed by atoms with Crippen molar-refractivity contribution in [2.45, 2.75) is 86.5 Å². The standard InChI is InChI=1S/C43H48N4O/c1-25(2)32-16-17-44-41(22-32)46-39-13-11-10-12-37(39)38-15-14-35(24-40(38)46)48-36-21-33(26(3)4)20-34(23-36)47-31(9)43(30(8)45-47)42-28(6)18-27(5)19-29(42)7/h10-18,20-27,29,42H,19H2,1-9H3/t27-,29-,42?/m0/s1. The lowest BCUT2D eigenvalue weighted by molar-refractivity contribution is 0.390. The molecule has 5 nitrogen and oxygen atoms in total. The fourth-order valence-electron chi connectivity index (χ4n) is 8.09. The molecule has 0 radical (unpaired) electrons. The van der Waals surface area contributed by atoms with Crippen LogP contribution in [0.5, 0.6) is 11.5 Å². The molecule has 0 amide bonds. The Morgan fingerprint density at radius 3 is 2.27 bits per heavy atom. The number of rotatable bonds is 7. The first-order chi connectivity index (χ1) is 23.0. The van der Waals surface area contributed by atoms with E-state index in [9.17, 15) is 0 Å². The van der Waals surface area contributed by atoms with Gasteiger partial charge in [0.1, 0.15) is 17.3 Å². The third-order valence-electron chi connectivity index (χ3n) is 10.4. The van der Waals surface area contributed by atoms with Gasteiger partial charge in [-0.2, -0.15) is 5.10 Å². The zero-order valence-corrected chi connectivity index (χ0v) is 29.9. The van der Waals surface area contributed by atoms with Crippen LogP contribution < -0.4 is 4.74 Å². The van der Waals surface area contributed by atoms with Gasteiger partial charge in [-0.3, -0.25) is 4.57 Å². The largest absolute Gasteiger partial charge is 0.457 e. The van der Waals surface area contributed by atoms with Gasteiger partial charge < -0.3 is 4.74 Å². The summed E-state index contributed by atoms with van der Waals surface area (Å²) < 4.78 is 11.1. The molecule has 48 heavy (non-hydrogen) atoms. The molecule has 0 saturated carbocycles. The van der Waals surface area contributed by atoms with Gasteiger partial charge in [0, 0.05) is 46.3 Å². The van der Waals surface area contributed by atoms with Crippen molar-refractivity contribution in [3.05, 3.63) is 119 Å². The van der Waals surface area contributed by atoms with Crippen LogP contribution in [0.1, 0.15) is 101 Å². The van der Waals surface area contributed by atoms with Gasteiger partial charge in [0.15, 0.2) is 0 Å².